The molecule has 0 radical (unpaired) electrons. The maximum Gasteiger partial charge on any atom is 0.0424 e. The number of fused-ring (bicyclic) bond motifs is 3. The molecule has 0 amide bonds. The van der Waals surface area contributed by atoms with Crippen LogP contribution in [-0.2, 0) is 12.0 Å². The second-order valence-electron chi connectivity index (χ2n) is 7.95. The Morgan fingerprint density at radius 1 is 0.808 bits per heavy atom. The largest absolute Gasteiger partial charge is 0.372 e. The minimum atomic E-state index is 0.171. The normalized spacial score (nSPS) is 24.7. The lowest BCUT2D eigenvalue weighted by Gasteiger charge is -2.35. The molecular weight excluding hydrogens is 314 g/mol. The maximum atomic E-state index is 2.53. The molecule has 26 heavy (non-hydrogen) atoms. The Bertz CT molecular complexity index is 1030. The van der Waals surface area contributed by atoms with Gasteiger partial charge in [0.1, 0.15) is 0 Å². The number of benzene rings is 3. The standard InChI is InChI=1S/C25H21N/c1-2-8-18(9-3-1)15-26-16-24-20-11-5-4-10-19(20)22-14-25(24,17-26)23-13-7-6-12-21(22)23/h1-13,16,22H,14-15,17H2. The van der Waals surface area contributed by atoms with Crippen LogP contribution in [0.5, 0.6) is 0 Å². The summed E-state index contributed by atoms with van der Waals surface area (Å²) in [6.45, 7) is 2.08. The molecule has 1 nitrogen and oxygen atoms in total. The Labute approximate surface area is 154 Å². The molecule has 0 aromatic heterocycles. The third-order valence-electron chi connectivity index (χ3n) is 6.56. The minimum Gasteiger partial charge on any atom is -0.372 e. The molecule has 2 bridgehead atoms. The van der Waals surface area contributed by atoms with E-state index in [2.05, 4.69) is 90.0 Å². The van der Waals surface area contributed by atoms with E-state index in [1.807, 2.05) is 0 Å². The van der Waals surface area contributed by atoms with Crippen LogP contribution in [0.4, 0.5) is 0 Å². The predicted octanol–water partition coefficient (Wildman–Crippen LogP) is 5.33. The summed E-state index contributed by atoms with van der Waals surface area (Å²) in [5.74, 6) is 0.552. The highest BCUT2D eigenvalue weighted by Crippen LogP contribution is 2.62. The number of nitrogens with zero attached hydrogens (tertiary/aromatic N) is 1. The van der Waals surface area contributed by atoms with Crippen molar-refractivity contribution in [2.75, 3.05) is 6.54 Å². The first-order valence-corrected chi connectivity index (χ1v) is 9.54. The van der Waals surface area contributed by atoms with E-state index in [0.717, 1.165) is 13.1 Å². The fourth-order valence-corrected chi connectivity index (χ4v) is 5.56. The van der Waals surface area contributed by atoms with Crippen LogP contribution in [0.1, 0.15) is 40.2 Å². The van der Waals surface area contributed by atoms with Crippen LogP contribution in [0.15, 0.2) is 85.1 Å². The molecule has 0 saturated heterocycles. The van der Waals surface area contributed by atoms with E-state index in [4.69, 9.17) is 0 Å². The second kappa shape index (κ2) is 5.11. The van der Waals surface area contributed by atoms with Gasteiger partial charge in [-0.15, -0.1) is 0 Å². The molecule has 0 saturated carbocycles. The summed E-state index contributed by atoms with van der Waals surface area (Å²) in [7, 11) is 0. The lowest BCUT2D eigenvalue weighted by atomic mass is 9.68. The fourth-order valence-electron chi connectivity index (χ4n) is 5.56. The smallest absolute Gasteiger partial charge is 0.0424 e. The second-order valence-corrected chi connectivity index (χ2v) is 7.95. The van der Waals surface area contributed by atoms with Crippen molar-refractivity contribution in [2.24, 2.45) is 0 Å². The Kier molecular flexibility index (Phi) is 2.82. The van der Waals surface area contributed by atoms with Crippen molar-refractivity contribution in [1.29, 1.82) is 0 Å². The lowest BCUT2D eigenvalue weighted by molar-refractivity contribution is 0.331. The van der Waals surface area contributed by atoms with Crippen molar-refractivity contribution >= 4 is 5.57 Å². The highest BCUT2D eigenvalue weighted by Gasteiger charge is 2.54. The summed E-state index contributed by atoms with van der Waals surface area (Å²) in [5, 5.41) is 0. The van der Waals surface area contributed by atoms with Gasteiger partial charge >= 0.3 is 0 Å². The zero-order chi connectivity index (χ0) is 17.1. The molecule has 2 unspecified atom stereocenters. The Morgan fingerprint density at radius 3 is 2.42 bits per heavy atom. The van der Waals surface area contributed by atoms with Gasteiger partial charge in [0.25, 0.3) is 0 Å². The van der Waals surface area contributed by atoms with Gasteiger partial charge in [-0.2, -0.15) is 0 Å². The quantitative estimate of drug-likeness (QED) is 0.612. The summed E-state index contributed by atoms with van der Waals surface area (Å²) in [5.41, 5.74) is 9.18. The average Bonchev–Trinajstić information content (AvgIpc) is 3.21. The summed E-state index contributed by atoms with van der Waals surface area (Å²) >= 11 is 0. The monoisotopic (exact) mass is 335 g/mol. The van der Waals surface area contributed by atoms with Gasteiger partial charge in [-0.3, -0.25) is 0 Å². The van der Waals surface area contributed by atoms with E-state index in [1.165, 1.54) is 28.7 Å². The first-order valence-electron chi connectivity index (χ1n) is 9.54. The van der Waals surface area contributed by atoms with Crippen molar-refractivity contribution in [3.63, 3.8) is 0 Å². The number of rotatable bonds is 2. The Morgan fingerprint density at radius 2 is 1.54 bits per heavy atom. The highest BCUT2D eigenvalue weighted by atomic mass is 15.1. The Balaban J connectivity index is 1.52. The summed E-state index contributed by atoms with van der Waals surface area (Å²) in [6.07, 6.45) is 3.67. The van der Waals surface area contributed by atoms with Crippen LogP contribution < -0.4 is 0 Å². The first-order chi connectivity index (χ1) is 12.9. The third kappa shape index (κ3) is 1.81. The summed E-state index contributed by atoms with van der Waals surface area (Å²) in [4.78, 5) is 2.53. The molecule has 6 rings (SSSR count). The first kappa shape index (κ1) is 14.4. The van der Waals surface area contributed by atoms with Gasteiger partial charge in [0, 0.05) is 30.6 Å². The van der Waals surface area contributed by atoms with Gasteiger partial charge in [0.2, 0.25) is 0 Å². The van der Waals surface area contributed by atoms with E-state index in [1.54, 1.807) is 11.1 Å². The maximum absolute atomic E-state index is 2.53. The van der Waals surface area contributed by atoms with E-state index < -0.39 is 0 Å². The van der Waals surface area contributed by atoms with Crippen LogP contribution in [-0.4, -0.2) is 11.4 Å². The molecule has 1 heteroatoms. The van der Waals surface area contributed by atoms with Gasteiger partial charge in [0.15, 0.2) is 0 Å². The number of hydrogen-bond acceptors (Lipinski definition) is 1. The van der Waals surface area contributed by atoms with Gasteiger partial charge in [0.05, 0.1) is 0 Å². The molecule has 0 fully saturated rings. The lowest BCUT2D eigenvalue weighted by Crippen LogP contribution is -2.33. The van der Waals surface area contributed by atoms with Crippen LogP contribution in [0, 0.1) is 0 Å². The topological polar surface area (TPSA) is 3.24 Å². The molecule has 3 aromatic carbocycles. The van der Waals surface area contributed by atoms with Crippen molar-refractivity contribution < 1.29 is 0 Å². The number of hydrogen-bond donors (Lipinski definition) is 0. The van der Waals surface area contributed by atoms with E-state index >= 15 is 0 Å². The fraction of sp³-hybridized carbons (Fsp3) is 0.200. The molecule has 2 aliphatic carbocycles. The molecule has 1 heterocycles. The molecule has 3 aromatic rings. The van der Waals surface area contributed by atoms with Gasteiger partial charge < -0.3 is 4.90 Å². The van der Waals surface area contributed by atoms with Crippen LogP contribution in [0.3, 0.4) is 0 Å². The van der Waals surface area contributed by atoms with E-state index in [-0.39, 0.29) is 5.41 Å². The molecule has 0 N–H and O–H groups in total. The highest BCUT2D eigenvalue weighted by molar-refractivity contribution is 5.85. The zero-order valence-electron chi connectivity index (χ0n) is 14.7. The van der Waals surface area contributed by atoms with E-state index in [9.17, 15) is 0 Å². The molecular formula is C25H21N. The van der Waals surface area contributed by atoms with Gasteiger partial charge in [-0.25, -0.2) is 0 Å². The summed E-state index contributed by atoms with van der Waals surface area (Å²) in [6, 6.07) is 29.1. The third-order valence-corrected chi connectivity index (χ3v) is 6.56. The van der Waals surface area contributed by atoms with Gasteiger partial charge in [-0.05, 0) is 39.8 Å². The molecule has 1 aliphatic heterocycles. The summed E-state index contributed by atoms with van der Waals surface area (Å²) < 4.78 is 0. The zero-order valence-corrected chi connectivity index (χ0v) is 14.7. The van der Waals surface area contributed by atoms with Crippen LogP contribution >= 0.6 is 0 Å². The van der Waals surface area contributed by atoms with Crippen molar-refractivity contribution in [3.8, 4) is 0 Å². The van der Waals surface area contributed by atoms with Crippen molar-refractivity contribution in [3.05, 3.63) is 113 Å². The average molecular weight is 335 g/mol. The van der Waals surface area contributed by atoms with Crippen LogP contribution in [0.2, 0.25) is 0 Å². The molecule has 2 atom stereocenters. The minimum absolute atomic E-state index is 0.171. The SMILES string of the molecule is C1=C2c3ccccc3C3CC2(CN1Cc1ccccc1)c1ccccc13. The van der Waals surface area contributed by atoms with E-state index in [0.29, 0.717) is 5.92 Å². The molecule has 126 valence electrons. The van der Waals surface area contributed by atoms with Gasteiger partial charge in [-0.1, -0.05) is 78.9 Å². The van der Waals surface area contributed by atoms with Crippen molar-refractivity contribution in [2.45, 2.75) is 24.3 Å². The van der Waals surface area contributed by atoms with Crippen molar-refractivity contribution in [1.82, 2.24) is 4.90 Å². The predicted molar refractivity (Wildman–Crippen MR) is 106 cm³/mol. The molecule has 1 spiro atoms. The molecule has 3 aliphatic rings. The Hall–Kier alpha value is -2.80. The van der Waals surface area contributed by atoms with Crippen LogP contribution in [0.25, 0.3) is 5.57 Å².